The second-order valence-electron chi connectivity index (χ2n) is 3.98. The zero-order valence-electron chi connectivity index (χ0n) is 8.05. The van der Waals surface area contributed by atoms with Gasteiger partial charge in [0.25, 0.3) is 0 Å². The molecule has 1 rings (SSSR count). The molecule has 72 valence electrons. The summed E-state index contributed by atoms with van der Waals surface area (Å²) < 4.78 is 0. The van der Waals surface area contributed by atoms with E-state index in [9.17, 15) is 0 Å². The van der Waals surface area contributed by atoms with E-state index in [0.29, 0.717) is 0 Å². The zero-order chi connectivity index (χ0) is 8.97. The van der Waals surface area contributed by atoms with Gasteiger partial charge in [0.2, 0.25) is 0 Å². The fourth-order valence-electron chi connectivity index (χ4n) is 2.03. The highest BCUT2D eigenvalue weighted by atomic mass is 79.9. The van der Waals surface area contributed by atoms with Crippen LogP contribution in [0.15, 0.2) is 0 Å². The molecule has 0 spiro atoms. The largest absolute Gasteiger partial charge is 0.165 e. The number of halogens is 1. The Bertz CT molecular complexity index is 127. The lowest BCUT2D eigenvalue weighted by Gasteiger charge is -2.31. The molecule has 12 heavy (non-hydrogen) atoms. The number of hydrogen-bond donors (Lipinski definition) is 0. The predicted molar refractivity (Wildman–Crippen MR) is 62.2 cm³/mol. The van der Waals surface area contributed by atoms with E-state index in [1.807, 2.05) is 11.8 Å². The molecule has 3 unspecified atom stereocenters. The first-order chi connectivity index (χ1) is 5.74. The van der Waals surface area contributed by atoms with Crippen LogP contribution >= 0.6 is 27.7 Å². The topological polar surface area (TPSA) is 0 Å². The van der Waals surface area contributed by atoms with Crippen molar-refractivity contribution in [2.45, 2.75) is 37.4 Å². The molecule has 1 aliphatic rings. The van der Waals surface area contributed by atoms with Crippen molar-refractivity contribution in [3.05, 3.63) is 0 Å². The Hall–Kier alpha value is 0.830. The maximum absolute atomic E-state index is 3.80. The first kappa shape index (κ1) is 10.9. The van der Waals surface area contributed by atoms with Crippen LogP contribution in [0.5, 0.6) is 0 Å². The molecule has 1 saturated carbocycles. The number of hydrogen-bond acceptors (Lipinski definition) is 1. The number of alkyl halides is 1. The minimum absolute atomic E-state index is 0.806. The summed E-state index contributed by atoms with van der Waals surface area (Å²) in [4.78, 5) is 0.806. The van der Waals surface area contributed by atoms with Crippen LogP contribution in [0.3, 0.4) is 0 Å². The first-order valence-corrected chi connectivity index (χ1v) is 7.18. The average Bonchev–Trinajstić information content (AvgIpc) is 2.07. The maximum atomic E-state index is 3.80. The van der Waals surface area contributed by atoms with Crippen LogP contribution in [-0.2, 0) is 0 Å². The minimum Gasteiger partial charge on any atom is -0.165 e. The Labute approximate surface area is 89.0 Å². The molecule has 0 aliphatic heterocycles. The third kappa shape index (κ3) is 3.29. The van der Waals surface area contributed by atoms with Crippen molar-refractivity contribution in [1.82, 2.24) is 0 Å². The Kier molecular flexibility index (Phi) is 5.03. The van der Waals surface area contributed by atoms with Crippen LogP contribution in [0.2, 0.25) is 0 Å². The summed E-state index contributed by atoms with van der Waals surface area (Å²) in [6, 6.07) is 0. The third-order valence-corrected chi connectivity index (χ3v) is 4.69. The lowest BCUT2D eigenvalue weighted by atomic mass is 9.81. The van der Waals surface area contributed by atoms with E-state index in [1.165, 1.54) is 31.4 Å². The average molecular weight is 251 g/mol. The standard InChI is InChI=1S/C10H19BrS/c1-8-3-4-10(11)9(7-8)5-6-12-2/h8-10H,3-7H2,1-2H3. The molecular weight excluding hydrogens is 232 g/mol. The normalized spacial score (nSPS) is 36.8. The summed E-state index contributed by atoms with van der Waals surface area (Å²) in [6.07, 6.45) is 7.86. The zero-order valence-corrected chi connectivity index (χ0v) is 10.5. The van der Waals surface area contributed by atoms with E-state index < -0.39 is 0 Å². The van der Waals surface area contributed by atoms with Crippen LogP contribution in [0.4, 0.5) is 0 Å². The molecule has 2 heteroatoms. The molecule has 0 aromatic carbocycles. The van der Waals surface area contributed by atoms with Gasteiger partial charge in [0.05, 0.1) is 0 Å². The van der Waals surface area contributed by atoms with Crippen molar-refractivity contribution in [2.75, 3.05) is 12.0 Å². The minimum atomic E-state index is 0.806. The van der Waals surface area contributed by atoms with Gasteiger partial charge >= 0.3 is 0 Å². The SMILES string of the molecule is CSCCC1CC(C)CCC1Br. The van der Waals surface area contributed by atoms with E-state index in [2.05, 4.69) is 29.1 Å². The van der Waals surface area contributed by atoms with Gasteiger partial charge in [-0.1, -0.05) is 22.9 Å². The molecule has 0 saturated heterocycles. The van der Waals surface area contributed by atoms with Crippen molar-refractivity contribution < 1.29 is 0 Å². The highest BCUT2D eigenvalue weighted by molar-refractivity contribution is 9.09. The van der Waals surface area contributed by atoms with E-state index in [1.54, 1.807) is 0 Å². The third-order valence-electron chi connectivity index (χ3n) is 2.84. The van der Waals surface area contributed by atoms with Crippen molar-refractivity contribution in [1.29, 1.82) is 0 Å². The Morgan fingerprint density at radius 3 is 2.83 bits per heavy atom. The summed E-state index contributed by atoms with van der Waals surface area (Å²) in [5.41, 5.74) is 0. The number of rotatable bonds is 3. The van der Waals surface area contributed by atoms with Gasteiger partial charge in [0.15, 0.2) is 0 Å². The van der Waals surface area contributed by atoms with Gasteiger partial charge in [0.1, 0.15) is 0 Å². The smallest absolute Gasteiger partial charge is 0.0174 e. The summed E-state index contributed by atoms with van der Waals surface area (Å²) in [7, 11) is 0. The molecule has 1 fully saturated rings. The molecule has 0 aromatic heterocycles. The molecular formula is C10H19BrS. The predicted octanol–water partition coefficient (Wildman–Crippen LogP) is 3.94. The highest BCUT2D eigenvalue weighted by Gasteiger charge is 2.25. The van der Waals surface area contributed by atoms with Crippen LogP contribution in [0.1, 0.15) is 32.6 Å². The van der Waals surface area contributed by atoms with E-state index in [4.69, 9.17) is 0 Å². The van der Waals surface area contributed by atoms with Gasteiger partial charge in [-0.3, -0.25) is 0 Å². The van der Waals surface area contributed by atoms with Gasteiger partial charge in [-0.05, 0) is 49.5 Å². The molecule has 0 heterocycles. The van der Waals surface area contributed by atoms with Crippen LogP contribution in [0, 0.1) is 11.8 Å². The Morgan fingerprint density at radius 2 is 2.17 bits per heavy atom. The molecule has 0 N–H and O–H groups in total. The fourth-order valence-corrected chi connectivity index (χ4v) is 3.31. The fraction of sp³-hybridized carbons (Fsp3) is 1.00. The second-order valence-corrected chi connectivity index (χ2v) is 6.14. The molecule has 0 amide bonds. The molecule has 3 atom stereocenters. The van der Waals surface area contributed by atoms with Gasteiger partial charge in [0, 0.05) is 4.83 Å². The van der Waals surface area contributed by atoms with Crippen molar-refractivity contribution in [2.24, 2.45) is 11.8 Å². The Balaban J connectivity index is 2.28. The molecule has 0 aromatic rings. The summed E-state index contributed by atoms with van der Waals surface area (Å²) in [6.45, 7) is 2.39. The van der Waals surface area contributed by atoms with Crippen molar-refractivity contribution >= 4 is 27.7 Å². The van der Waals surface area contributed by atoms with E-state index >= 15 is 0 Å². The van der Waals surface area contributed by atoms with Crippen molar-refractivity contribution in [3.63, 3.8) is 0 Å². The highest BCUT2D eigenvalue weighted by Crippen LogP contribution is 2.35. The maximum Gasteiger partial charge on any atom is 0.0174 e. The molecule has 0 nitrogen and oxygen atoms in total. The summed E-state index contributed by atoms with van der Waals surface area (Å²) >= 11 is 5.78. The van der Waals surface area contributed by atoms with Gasteiger partial charge in [-0.25, -0.2) is 0 Å². The second kappa shape index (κ2) is 5.54. The lowest BCUT2D eigenvalue weighted by molar-refractivity contribution is 0.291. The van der Waals surface area contributed by atoms with E-state index in [-0.39, 0.29) is 0 Å². The van der Waals surface area contributed by atoms with Gasteiger partial charge in [-0.2, -0.15) is 11.8 Å². The first-order valence-electron chi connectivity index (χ1n) is 4.87. The van der Waals surface area contributed by atoms with Crippen LogP contribution in [0.25, 0.3) is 0 Å². The summed E-state index contributed by atoms with van der Waals surface area (Å²) in [5, 5.41) is 0. The van der Waals surface area contributed by atoms with E-state index in [0.717, 1.165) is 16.7 Å². The van der Waals surface area contributed by atoms with Gasteiger partial charge < -0.3 is 0 Å². The quantitative estimate of drug-likeness (QED) is 0.685. The van der Waals surface area contributed by atoms with Gasteiger partial charge in [-0.15, -0.1) is 0 Å². The van der Waals surface area contributed by atoms with Crippen LogP contribution in [-0.4, -0.2) is 16.8 Å². The molecule has 1 aliphatic carbocycles. The lowest BCUT2D eigenvalue weighted by Crippen LogP contribution is -2.24. The molecule has 0 bridgehead atoms. The van der Waals surface area contributed by atoms with Crippen LogP contribution < -0.4 is 0 Å². The number of thioether (sulfide) groups is 1. The monoisotopic (exact) mass is 250 g/mol. The summed E-state index contributed by atoms with van der Waals surface area (Å²) in [5.74, 6) is 3.24. The Morgan fingerprint density at radius 1 is 1.42 bits per heavy atom. The van der Waals surface area contributed by atoms with Crippen molar-refractivity contribution in [3.8, 4) is 0 Å². The molecule has 0 radical (unpaired) electrons.